The minimum Gasteiger partial charge on any atom is -0.398 e. The Bertz CT molecular complexity index is 557. The number of anilines is 1. The highest BCUT2D eigenvalue weighted by molar-refractivity contribution is 7.91. The number of para-hydroxylation sites is 1. The van der Waals surface area contributed by atoms with Crippen LogP contribution in [0.5, 0.6) is 0 Å². The molecular formula is C14H22N2O3S. The zero-order valence-corrected chi connectivity index (χ0v) is 12.8. The minimum atomic E-state index is -3.42. The Morgan fingerprint density at radius 2 is 2.10 bits per heavy atom. The van der Waals surface area contributed by atoms with Gasteiger partial charge < -0.3 is 10.5 Å². The van der Waals surface area contributed by atoms with Crippen molar-refractivity contribution in [2.75, 3.05) is 31.2 Å². The Labute approximate surface area is 120 Å². The standard InChI is InChI=1S/C14H22N2O3S/c1-11(2)16-7-8-19-12(9-16)10-20(17,18)14-6-4-3-5-13(14)15/h3-6,11-12H,7-10,15H2,1-2H3. The molecule has 1 aromatic carbocycles. The molecule has 0 radical (unpaired) electrons. The summed E-state index contributed by atoms with van der Waals surface area (Å²) in [6.45, 7) is 6.27. The molecule has 1 aliphatic rings. The van der Waals surface area contributed by atoms with E-state index in [2.05, 4.69) is 18.7 Å². The number of benzene rings is 1. The zero-order chi connectivity index (χ0) is 14.8. The summed E-state index contributed by atoms with van der Waals surface area (Å²) in [5.74, 6) is -0.0234. The van der Waals surface area contributed by atoms with Gasteiger partial charge in [0, 0.05) is 19.1 Å². The molecule has 2 N–H and O–H groups in total. The van der Waals surface area contributed by atoms with Gasteiger partial charge in [-0.1, -0.05) is 12.1 Å². The molecule has 0 bridgehead atoms. The zero-order valence-electron chi connectivity index (χ0n) is 12.0. The molecule has 0 amide bonds. The van der Waals surface area contributed by atoms with E-state index in [0.717, 1.165) is 6.54 Å². The maximum atomic E-state index is 12.4. The molecule has 1 aromatic rings. The molecule has 1 atom stereocenters. The molecule has 0 spiro atoms. The lowest BCUT2D eigenvalue weighted by Crippen LogP contribution is -2.48. The third kappa shape index (κ3) is 3.50. The lowest BCUT2D eigenvalue weighted by atomic mass is 10.2. The first kappa shape index (κ1) is 15.3. The fourth-order valence-corrected chi connectivity index (χ4v) is 3.99. The number of ether oxygens (including phenoxy) is 1. The summed E-state index contributed by atoms with van der Waals surface area (Å²) in [7, 11) is -3.42. The van der Waals surface area contributed by atoms with Crippen molar-refractivity contribution >= 4 is 15.5 Å². The van der Waals surface area contributed by atoms with E-state index in [9.17, 15) is 8.42 Å². The Morgan fingerprint density at radius 1 is 1.40 bits per heavy atom. The summed E-state index contributed by atoms with van der Waals surface area (Å²) >= 11 is 0. The number of nitrogens with zero attached hydrogens (tertiary/aromatic N) is 1. The summed E-state index contributed by atoms with van der Waals surface area (Å²) in [6, 6.07) is 6.96. The van der Waals surface area contributed by atoms with Crippen LogP contribution in [0.3, 0.4) is 0 Å². The minimum absolute atomic E-state index is 0.0234. The van der Waals surface area contributed by atoms with E-state index < -0.39 is 9.84 Å². The average molecular weight is 298 g/mol. The molecule has 112 valence electrons. The molecule has 1 heterocycles. The number of sulfone groups is 1. The van der Waals surface area contributed by atoms with Crippen molar-refractivity contribution in [1.29, 1.82) is 0 Å². The molecule has 0 aliphatic carbocycles. The van der Waals surface area contributed by atoms with Crippen molar-refractivity contribution in [2.24, 2.45) is 0 Å². The van der Waals surface area contributed by atoms with Gasteiger partial charge in [0.1, 0.15) is 0 Å². The SMILES string of the molecule is CC(C)N1CCOC(CS(=O)(=O)c2ccccc2N)C1. The van der Waals surface area contributed by atoms with Gasteiger partial charge in [-0.15, -0.1) is 0 Å². The van der Waals surface area contributed by atoms with E-state index >= 15 is 0 Å². The Kier molecular flexibility index (Phi) is 4.67. The number of nitrogen functional groups attached to an aromatic ring is 1. The quantitative estimate of drug-likeness (QED) is 0.844. The highest BCUT2D eigenvalue weighted by Crippen LogP contribution is 2.21. The Balaban J connectivity index is 2.11. The van der Waals surface area contributed by atoms with E-state index in [0.29, 0.717) is 24.9 Å². The van der Waals surface area contributed by atoms with Gasteiger partial charge in [-0.25, -0.2) is 8.42 Å². The smallest absolute Gasteiger partial charge is 0.183 e. The molecule has 0 saturated carbocycles. The van der Waals surface area contributed by atoms with E-state index in [4.69, 9.17) is 10.5 Å². The van der Waals surface area contributed by atoms with Crippen LogP contribution in [0.4, 0.5) is 5.69 Å². The molecule has 20 heavy (non-hydrogen) atoms. The monoisotopic (exact) mass is 298 g/mol. The maximum absolute atomic E-state index is 12.4. The second-order valence-corrected chi connectivity index (χ2v) is 7.40. The van der Waals surface area contributed by atoms with Crippen molar-refractivity contribution in [1.82, 2.24) is 4.90 Å². The molecule has 1 fully saturated rings. The van der Waals surface area contributed by atoms with Crippen LogP contribution < -0.4 is 5.73 Å². The average Bonchev–Trinajstić information content (AvgIpc) is 2.38. The van der Waals surface area contributed by atoms with Crippen LogP contribution in [0.2, 0.25) is 0 Å². The van der Waals surface area contributed by atoms with Gasteiger partial charge in [-0.3, -0.25) is 4.90 Å². The predicted octanol–water partition coefficient (Wildman–Crippen LogP) is 1.15. The van der Waals surface area contributed by atoms with Gasteiger partial charge in [0.15, 0.2) is 9.84 Å². The number of nitrogens with two attached hydrogens (primary N) is 1. The van der Waals surface area contributed by atoms with Gasteiger partial charge >= 0.3 is 0 Å². The first-order valence-electron chi connectivity index (χ1n) is 6.83. The molecule has 1 aliphatic heterocycles. The van der Waals surface area contributed by atoms with Crippen molar-refractivity contribution in [3.05, 3.63) is 24.3 Å². The summed E-state index contributed by atoms with van der Waals surface area (Å²) in [5.41, 5.74) is 6.05. The Morgan fingerprint density at radius 3 is 2.75 bits per heavy atom. The number of hydrogen-bond acceptors (Lipinski definition) is 5. The number of morpholine rings is 1. The first-order valence-corrected chi connectivity index (χ1v) is 8.48. The van der Waals surface area contributed by atoms with Gasteiger partial charge in [-0.2, -0.15) is 0 Å². The van der Waals surface area contributed by atoms with E-state index in [-0.39, 0.29) is 16.8 Å². The van der Waals surface area contributed by atoms with Gasteiger partial charge in [0.05, 0.1) is 29.0 Å². The summed E-state index contributed by atoms with van der Waals surface area (Å²) in [6.07, 6.45) is -0.296. The van der Waals surface area contributed by atoms with Crippen LogP contribution in [-0.2, 0) is 14.6 Å². The van der Waals surface area contributed by atoms with Gasteiger partial charge in [-0.05, 0) is 26.0 Å². The summed E-state index contributed by atoms with van der Waals surface area (Å²) < 4.78 is 30.4. The van der Waals surface area contributed by atoms with Crippen LogP contribution in [0, 0.1) is 0 Å². The van der Waals surface area contributed by atoms with E-state index in [1.807, 2.05) is 0 Å². The van der Waals surface area contributed by atoms with Crippen LogP contribution in [0.15, 0.2) is 29.2 Å². The Hall–Kier alpha value is -1.11. The molecule has 1 unspecified atom stereocenters. The first-order chi connectivity index (χ1) is 9.40. The van der Waals surface area contributed by atoms with Crippen molar-refractivity contribution in [2.45, 2.75) is 30.9 Å². The van der Waals surface area contributed by atoms with Crippen molar-refractivity contribution in [3.8, 4) is 0 Å². The predicted molar refractivity (Wildman–Crippen MR) is 79.4 cm³/mol. The second-order valence-electron chi connectivity index (χ2n) is 5.40. The van der Waals surface area contributed by atoms with Gasteiger partial charge in [0.2, 0.25) is 0 Å². The third-order valence-electron chi connectivity index (χ3n) is 3.56. The maximum Gasteiger partial charge on any atom is 0.183 e. The van der Waals surface area contributed by atoms with Crippen LogP contribution >= 0.6 is 0 Å². The van der Waals surface area contributed by atoms with E-state index in [1.54, 1.807) is 24.3 Å². The molecule has 2 rings (SSSR count). The van der Waals surface area contributed by atoms with Crippen molar-refractivity contribution < 1.29 is 13.2 Å². The highest BCUT2D eigenvalue weighted by Gasteiger charge is 2.28. The van der Waals surface area contributed by atoms with E-state index in [1.165, 1.54) is 0 Å². The molecule has 1 saturated heterocycles. The number of rotatable bonds is 4. The second kappa shape index (κ2) is 6.11. The normalized spacial score (nSPS) is 21.2. The topological polar surface area (TPSA) is 72.6 Å². The fraction of sp³-hybridized carbons (Fsp3) is 0.571. The molecule has 6 heteroatoms. The largest absolute Gasteiger partial charge is 0.398 e. The highest BCUT2D eigenvalue weighted by atomic mass is 32.2. The lowest BCUT2D eigenvalue weighted by Gasteiger charge is -2.35. The van der Waals surface area contributed by atoms with Crippen LogP contribution in [-0.4, -0.2) is 50.9 Å². The van der Waals surface area contributed by atoms with Crippen molar-refractivity contribution in [3.63, 3.8) is 0 Å². The van der Waals surface area contributed by atoms with Crippen LogP contribution in [0.25, 0.3) is 0 Å². The molecule has 5 nitrogen and oxygen atoms in total. The fourth-order valence-electron chi connectivity index (χ4n) is 2.41. The molecular weight excluding hydrogens is 276 g/mol. The summed E-state index contributed by atoms with van der Waals surface area (Å²) in [5, 5.41) is 0. The lowest BCUT2D eigenvalue weighted by molar-refractivity contribution is -0.0272. The van der Waals surface area contributed by atoms with Gasteiger partial charge in [0.25, 0.3) is 0 Å². The number of hydrogen-bond donors (Lipinski definition) is 1. The third-order valence-corrected chi connectivity index (χ3v) is 5.41. The van der Waals surface area contributed by atoms with Crippen LogP contribution in [0.1, 0.15) is 13.8 Å². The summed E-state index contributed by atoms with van der Waals surface area (Å²) in [4.78, 5) is 2.43. The molecule has 0 aromatic heterocycles.